The summed E-state index contributed by atoms with van der Waals surface area (Å²) in [5.41, 5.74) is 4.54. The minimum Gasteiger partial charge on any atom is -0.0622 e. The number of rotatable bonds is 4. The molecule has 0 unspecified atom stereocenters. The lowest BCUT2D eigenvalue weighted by Crippen LogP contribution is -2.31. The Bertz CT molecular complexity index is 953. The first kappa shape index (κ1) is 18.2. The second kappa shape index (κ2) is 7.84. The van der Waals surface area contributed by atoms with E-state index in [2.05, 4.69) is 141 Å². The van der Waals surface area contributed by atoms with Crippen LogP contribution in [0.15, 0.2) is 118 Å². The topological polar surface area (TPSA) is 0 Å². The third-order valence-electron chi connectivity index (χ3n) is 4.93. The Morgan fingerprint density at radius 3 is 1.15 bits per heavy atom. The highest BCUT2D eigenvalue weighted by Crippen LogP contribution is 2.46. The first-order chi connectivity index (χ1) is 13.2. The van der Waals surface area contributed by atoms with Gasteiger partial charge in [0.1, 0.15) is 0 Å². The van der Waals surface area contributed by atoms with Gasteiger partial charge in [-0.1, -0.05) is 117 Å². The fraction of sp³-hybridized carbons (Fsp3) is 0.0400. The lowest BCUT2D eigenvalue weighted by atomic mass is 9.65. The summed E-state index contributed by atoms with van der Waals surface area (Å²) in [6.07, 6.45) is 0. The summed E-state index contributed by atoms with van der Waals surface area (Å²) in [7, 11) is 0. The number of halogens is 2. The van der Waals surface area contributed by atoms with Gasteiger partial charge in [-0.25, -0.2) is 0 Å². The van der Waals surface area contributed by atoms with Crippen LogP contribution in [-0.2, 0) is 5.41 Å². The van der Waals surface area contributed by atoms with E-state index in [1.165, 1.54) is 22.3 Å². The quantitative estimate of drug-likeness (QED) is 0.265. The van der Waals surface area contributed by atoms with Crippen molar-refractivity contribution in [2.24, 2.45) is 0 Å². The van der Waals surface area contributed by atoms with E-state index in [0.717, 1.165) is 8.95 Å². The van der Waals surface area contributed by atoms with Crippen LogP contribution in [0, 0.1) is 0 Å². The first-order valence-electron chi connectivity index (χ1n) is 8.84. The van der Waals surface area contributed by atoms with E-state index < -0.39 is 5.41 Å². The van der Waals surface area contributed by atoms with Crippen molar-refractivity contribution in [3.63, 3.8) is 0 Å². The molecule has 4 aromatic carbocycles. The normalized spacial score (nSPS) is 11.3. The summed E-state index contributed by atoms with van der Waals surface area (Å²) in [5, 5.41) is 0. The fourth-order valence-electron chi connectivity index (χ4n) is 3.82. The van der Waals surface area contributed by atoms with Crippen LogP contribution >= 0.6 is 31.9 Å². The fourth-order valence-corrected chi connectivity index (χ4v) is 4.62. The van der Waals surface area contributed by atoms with Gasteiger partial charge in [0.15, 0.2) is 0 Å². The van der Waals surface area contributed by atoms with Crippen LogP contribution in [-0.4, -0.2) is 0 Å². The minimum absolute atomic E-state index is 0.407. The van der Waals surface area contributed by atoms with Crippen molar-refractivity contribution in [2.45, 2.75) is 5.41 Å². The third kappa shape index (κ3) is 3.40. The Morgan fingerprint density at radius 2 is 0.778 bits per heavy atom. The summed E-state index contributed by atoms with van der Waals surface area (Å²) >= 11 is 7.35. The Kier molecular flexibility index (Phi) is 5.29. The maximum atomic E-state index is 3.68. The monoisotopic (exact) mass is 476 g/mol. The van der Waals surface area contributed by atoms with Gasteiger partial charge >= 0.3 is 0 Å². The summed E-state index contributed by atoms with van der Waals surface area (Å²) in [6.45, 7) is 0. The van der Waals surface area contributed by atoms with E-state index in [0.29, 0.717) is 0 Å². The molecule has 0 aliphatic carbocycles. The van der Waals surface area contributed by atoms with Gasteiger partial charge in [0, 0.05) is 8.95 Å². The van der Waals surface area contributed by atoms with Gasteiger partial charge in [0.2, 0.25) is 0 Å². The lowest BCUT2D eigenvalue weighted by molar-refractivity contribution is 0.744. The second-order valence-corrected chi connectivity index (χ2v) is 8.33. The molecule has 0 nitrogen and oxygen atoms in total. The molecule has 27 heavy (non-hydrogen) atoms. The van der Waals surface area contributed by atoms with Crippen LogP contribution in [0.1, 0.15) is 22.3 Å². The smallest absolute Gasteiger partial charge is 0.0622 e. The first-order valence-corrected chi connectivity index (χ1v) is 10.4. The third-order valence-corrected chi connectivity index (χ3v) is 5.92. The SMILES string of the molecule is Brc1cccc(C(c2ccccc2)(c2ccccc2)c2cccc(Br)c2)c1. The molecule has 0 saturated heterocycles. The van der Waals surface area contributed by atoms with Gasteiger partial charge in [-0.05, 0) is 46.5 Å². The van der Waals surface area contributed by atoms with Crippen molar-refractivity contribution in [3.8, 4) is 0 Å². The van der Waals surface area contributed by atoms with Gasteiger partial charge in [-0.3, -0.25) is 0 Å². The molecule has 0 atom stereocenters. The lowest BCUT2D eigenvalue weighted by Gasteiger charge is -2.37. The standard InChI is InChI=1S/C25H18Br2/c26-23-15-7-13-21(17-23)25(19-9-3-1-4-10-19,20-11-5-2-6-12-20)22-14-8-16-24(27)18-22/h1-18H. The van der Waals surface area contributed by atoms with Crippen molar-refractivity contribution in [1.82, 2.24) is 0 Å². The molecule has 0 aromatic heterocycles. The van der Waals surface area contributed by atoms with Gasteiger partial charge in [-0.2, -0.15) is 0 Å². The zero-order valence-corrected chi connectivity index (χ0v) is 17.8. The van der Waals surface area contributed by atoms with E-state index in [-0.39, 0.29) is 0 Å². The largest absolute Gasteiger partial charge is 0.0702 e. The molecule has 0 fully saturated rings. The highest BCUT2D eigenvalue weighted by atomic mass is 79.9. The molecule has 0 bridgehead atoms. The maximum Gasteiger partial charge on any atom is 0.0702 e. The summed E-state index contributed by atoms with van der Waals surface area (Å²) in [6, 6.07) is 38.7. The summed E-state index contributed by atoms with van der Waals surface area (Å²) in [5.74, 6) is 0. The molecule has 4 rings (SSSR count). The molecule has 0 aliphatic rings. The number of hydrogen-bond donors (Lipinski definition) is 0. The molecule has 0 radical (unpaired) electrons. The predicted octanol–water partition coefficient (Wildman–Crippen LogP) is 7.59. The van der Waals surface area contributed by atoms with Crippen molar-refractivity contribution in [1.29, 1.82) is 0 Å². The van der Waals surface area contributed by atoms with Crippen LogP contribution in [0.5, 0.6) is 0 Å². The number of hydrogen-bond acceptors (Lipinski definition) is 0. The molecule has 2 heteroatoms. The van der Waals surface area contributed by atoms with Crippen molar-refractivity contribution >= 4 is 31.9 Å². The van der Waals surface area contributed by atoms with Crippen LogP contribution in [0.4, 0.5) is 0 Å². The molecule has 0 aliphatic heterocycles. The Morgan fingerprint density at radius 1 is 0.407 bits per heavy atom. The average Bonchev–Trinajstić information content (AvgIpc) is 2.71. The maximum absolute atomic E-state index is 3.68. The predicted molar refractivity (Wildman–Crippen MR) is 120 cm³/mol. The van der Waals surface area contributed by atoms with E-state index in [1.807, 2.05) is 0 Å². The van der Waals surface area contributed by atoms with Gasteiger partial charge in [0.25, 0.3) is 0 Å². The molecule has 132 valence electrons. The zero-order valence-electron chi connectivity index (χ0n) is 14.6. The van der Waals surface area contributed by atoms with Gasteiger partial charge in [0.05, 0.1) is 5.41 Å². The van der Waals surface area contributed by atoms with Crippen LogP contribution in [0.25, 0.3) is 0 Å². The van der Waals surface area contributed by atoms with Crippen LogP contribution in [0.3, 0.4) is 0 Å². The zero-order chi connectivity index (χ0) is 18.7. The van der Waals surface area contributed by atoms with Crippen molar-refractivity contribution < 1.29 is 0 Å². The Hall–Kier alpha value is -2.16. The molecule has 0 heterocycles. The van der Waals surface area contributed by atoms with Crippen LogP contribution in [0.2, 0.25) is 0 Å². The second-order valence-electron chi connectivity index (χ2n) is 6.50. The molecular formula is C25H18Br2. The molecule has 0 N–H and O–H groups in total. The Balaban J connectivity index is 2.16. The van der Waals surface area contributed by atoms with E-state index in [1.54, 1.807) is 0 Å². The van der Waals surface area contributed by atoms with Gasteiger partial charge in [-0.15, -0.1) is 0 Å². The Labute approximate surface area is 177 Å². The average molecular weight is 478 g/mol. The van der Waals surface area contributed by atoms with E-state index >= 15 is 0 Å². The van der Waals surface area contributed by atoms with Crippen LogP contribution < -0.4 is 0 Å². The molecule has 0 saturated carbocycles. The highest BCUT2D eigenvalue weighted by Gasteiger charge is 2.38. The number of benzene rings is 4. The molecule has 4 aromatic rings. The van der Waals surface area contributed by atoms with Gasteiger partial charge < -0.3 is 0 Å². The minimum atomic E-state index is -0.407. The summed E-state index contributed by atoms with van der Waals surface area (Å²) < 4.78 is 2.15. The summed E-state index contributed by atoms with van der Waals surface area (Å²) in [4.78, 5) is 0. The van der Waals surface area contributed by atoms with Crippen molar-refractivity contribution in [3.05, 3.63) is 140 Å². The molecular weight excluding hydrogens is 460 g/mol. The van der Waals surface area contributed by atoms with Crippen molar-refractivity contribution in [2.75, 3.05) is 0 Å². The molecule has 0 spiro atoms. The van der Waals surface area contributed by atoms with E-state index in [9.17, 15) is 0 Å². The molecule has 0 amide bonds. The highest BCUT2D eigenvalue weighted by molar-refractivity contribution is 9.10. The van der Waals surface area contributed by atoms with E-state index in [4.69, 9.17) is 0 Å².